The monoisotopic (exact) mass is 499 g/mol. The molecule has 1 atom stereocenters. The van der Waals surface area contributed by atoms with Crippen molar-refractivity contribution < 1.29 is 18.0 Å². The summed E-state index contributed by atoms with van der Waals surface area (Å²) in [6.07, 6.45) is 5.80. The topological polar surface area (TPSA) is 86.8 Å². The number of nitrogens with zero attached hydrogens (tertiary/aromatic N) is 2. The molecule has 0 radical (unpaired) electrons. The molecule has 8 heteroatoms. The summed E-state index contributed by atoms with van der Waals surface area (Å²) in [5.41, 5.74) is 3.30. The second-order valence-electron chi connectivity index (χ2n) is 9.43. The summed E-state index contributed by atoms with van der Waals surface area (Å²) in [5.74, 6) is -0.631. The highest BCUT2D eigenvalue weighted by Gasteiger charge is 2.31. The number of carbonyl (C=O) groups excluding carboxylic acids is 2. The molecule has 0 spiro atoms. The molecule has 1 saturated carbocycles. The van der Waals surface area contributed by atoms with Crippen LogP contribution in [0.3, 0.4) is 0 Å². The van der Waals surface area contributed by atoms with E-state index in [1.807, 2.05) is 50.2 Å². The van der Waals surface area contributed by atoms with Gasteiger partial charge in [-0.3, -0.25) is 13.9 Å². The van der Waals surface area contributed by atoms with Gasteiger partial charge in [-0.1, -0.05) is 67.8 Å². The maximum Gasteiger partial charge on any atom is 0.244 e. The molecular weight excluding hydrogens is 462 g/mol. The molecule has 1 aliphatic carbocycles. The number of sulfonamides is 1. The third-order valence-corrected chi connectivity index (χ3v) is 7.79. The van der Waals surface area contributed by atoms with Gasteiger partial charge in [0.25, 0.3) is 0 Å². The Bertz CT molecular complexity index is 1130. The van der Waals surface area contributed by atoms with E-state index in [1.165, 1.54) is 4.90 Å². The number of amides is 2. The molecule has 3 rings (SSSR count). The van der Waals surface area contributed by atoms with Crippen LogP contribution in [0.4, 0.5) is 5.69 Å². The maximum atomic E-state index is 13.7. The van der Waals surface area contributed by atoms with E-state index in [4.69, 9.17) is 0 Å². The van der Waals surface area contributed by atoms with E-state index in [-0.39, 0.29) is 25.0 Å². The zero-order chi connectivity index (χ0) is 25.6. The molecule has 2 aromatic carbocycles. The zero-order valence-electron chi connectivity index (χ0n) is 21.2. The van der Waals surface area contributed by atoms with Crippen LogP contribution in [0, 0.1) is 6.92 Å². The van der Waals surface area contributed by atoms with Gasteiger partial charge in [0.15, 0.2) is 0 Å². The Morgan fingerprint density at radius 3 is 2.29 bits per heavy atom. The molecule has 1 fully saturated rings. The van der Waals surface area contributed by atoms with E-state index in [0.717, 1.165) is 52.9 Å². The van der Waals surface area contributed by atoms with Crippen LogP contribution in [0.25, 0.3) is 0 Å². The number of hydrogen-bond donors (Lipinski definition) is 1. The van der Waals surface area contributed by atoms with Crippen LogP contribution in [0.2, 0.25) is 0 Å². The van der Waals surface area contributed by atoms with Gasteiger partial charge in [-0.2, -0.15) is 0 Å². The van der Waals surface area contributed by atoms with Crippen LogP contribution in [0.1, 0.15) is 56.2 Å². The minimum absolute atomic E-state index is 0.130. The first-order chi connectivity index (χ1) is 16.6. The van der Waals surface area contributed by atoms with Crippen LogP contribution in [0.15, 0.2) is 48.5 Å². The number of carbonyl (C=O) groups is 2. The first-order valence-electron chi connectivity index (χ1n) is 12.3. The van der Waals surface area contributed by atoms with Gasteiger partial charge >= 0.3 is 0 Å². The summed E-state index contributed by atoms with van der Waals surface area (Å²) in [7, 11) is -3.74. The number of anilines is 1. The smallest absolute Gasteiger partial charge is 0.244 e. The Morgan fingerprint density at radius 2 is 1.69 bits per heavy atom. The summed E-state index contributed by atoms with van der Waals surface area (Å²) in [6.45, 7) is 5.48. The fourth-order valence-electron chi connectivity index (χ4n) is 4.51. The molecule has 7 nitrogen and oxygen atoms in total. The summed E-state index contributed by atoms with van der Waals surface area (Å²) in [6, 6.07) is 14.4. The quantitative estimate of drug-likeness (QED) is 0.539. The van der Waals surface area contributed by atoms with Crippen LogP contribution < -0.4 is 9.62 Å². The molecule has 0 bridgehead atoms. The SMILES string of the molecule is CCc1ccccc1N(CC(=O)N(Cc1ccc(C)cc1)[C@H](C)C(=O)NC1CCCC1)S(C)(=O)=O. The summed E-state index contributed by atoms with van der Waals surface area (Å²) in [4.78, 5) is 28.3. The van der Waals surface area contributed by atoms with E-state index in [9.17, 15) is 18.0 Å². The third-order valence-electron chi connectivity index (χ3n) is 6.66. The first kappa shape index (κ1) is 26.7. The van der Waals surface area contributed by atoms with Gasteiger partial charge in [0.1, 0.15) is 12.6 Å². The van der Waals surface area contributed by atoms with E-state index < -0.39 is 22.0 Å². The summed E-state index contributed by atoms with van der Waals surface area (Å²) >= 11 is 0. The molecule has 0 saturated heterocycles. The van der Waals surface area contributed by atoms with Gasteiger partial charge in [0.2, 0.25) is 21.8 Å². The lowest BCUT2D eigenvalue weighted by molar-refractivity contribution is -0.139. The minimum atomic E-state index is -3.74. The van der Waals surface area contributed by atoms with Crippen LogP contribution >= 0.6 is 0 Å². The Labute approximate surface area is 209 Å². The lowest BCUT2D eigenvalue weighted by Crippen LogP contribution is -2.52. The molecule has 0 aromatic heterocycles. The van der Waals surface area contributed by atoms with Crippen molar-refractivity contribution >= 4 is 27.5 Å². The average Bonchev–Trinajstić information content (AvgIpc) is 3.34. The molecule has 1 aliphatic rings. The number of benzene rings is 2. The van der Waals surface area contributed by atoms with E-state index in [0.29, 0.717) is 12.1 Å². The molecule has 0 heterocycles. The molecule has 0 unspecified atom stereocenters. The van der Waals surface area contributed by atoms with E-state index >= 15 is 0 Å². The number of rotatable bonds is 10. The number of para-hydroxylation sites is 1. The van der Waals surface area contributed by atoms with Crippen molar-refractivity contribution in [1.29, 1.82) is 0 Å². The Morgan fingerprint density at radius 1 is 1.06 bits per heavy atom. The average molecular weight is 500 g/mol. The van der Waals surface area contributed by atoms with Crippen molar-refractivity contribution in [3.05, 3.63) is 65.2 Å². The fourth-order valence-corrected chi connectivity index (χ4v) is 5.39. The van der Waals surface area contributed by atoms with Crippen molar-refractivity contribution in [2.24, 2.45) is 0 Å². The second-order valence-corrected chi connectivity index (χ2v) is 11.3. The van der Waals surface area contributed by atoms with Gasteiger partial charge in [-0.05, 0) is 50.3 Å². The first-order valence-corrected chi connectivity index (χ1v) is 14.2. The van der Waals surface area contributed by atoms with Crippen molar-refractivity contribution in [2.75, 3.05) is 17.1 Å². The standard InChI is InChI=1S/C27H37N3O4S/c1-5-23-10-6-9-13-25(23)30(35(4,33)34)19-26(31)29(18-22-16-14-20(2)15-17-22)21(3)27(32)28-24-11-7-8-12-24/h6,9-10,13-17,21,24H,5,7-8,11-12,18-19H2,1-4H3,(H,28,32)/t21-/m1/s1. The van der Waals surface area contributed by atoms with Crippen molar-refractivity contribution in [2.45, 2.75) is 71.5 Å². The number of aryl methyl sites for hydroxylation is 2. The maximum absolute atomic E-state index is 13.7. The van der Waals surface area contributed by atoms with Crippen molar-refractivity contribution in [1.82, 2.24) is 10.2 Å². The molecule has 190 valence electrons. The normalized spacial score (nSPS) is 15.0. The fraction of sp³-hybridized carbons (Fsp3) is 0.481. The predicted octanol–water partition coefficient (Wildman–Crippen LogP) is 3.80. The second kappa shape index (κ2) is 11.7. The number of nitrogens with one attached hydrogen (secondary N) is 1. The lowest BCUT2D eigenvalue weighted by atomic mass is 10.1. The van der Waals surface area contributed by atoms with Crippen LogP contribution in [0.5, 0.6) is 0 Å². The molecule has 1 N–H and O–H groups in total. The molecule has 2 amide bonds. The zero-order valence-corrected chi connectivity index (χ0v) is 22.0. The Balaban J connectivity index is 1.89. The van der Waals surface area contributed by atoms with E-state index in [1.54, 1.807) is 19.1 Å². The number of hydrogen-bond acceptors (Lipinski definition) is 4. The van der Waals surface area contributed by atoms with Gasteiger partial charge in [-0.25, -0.2) is 8.42 Å². The van der Waals surface area contributed by atoms with Crippen LogP contribution in [-0.2, 0) is 32.6 Å². The Hall–Kier alpha value is -2.87. The predicted molar refractivity (Wildman–Crippen MR) is 140 cm³/mol. The highest BCUT2D eigenvalue weighted by molar-refractivity contribution is 7.92. The van der Waals surface area contributed by atoms with Gasteiger partial charge in [0.05, 0.1) is 11.9 Å². The van der Waals surface area contributed by atoms with Gasteiger partial charge in [-0.15, -0.1) is 0 Å². The van der Waals surface area contributed by atoms with Crippen molar-refractivity contribution in [3.63, 3.8) is 0 Å². The molecular formula is C27H37N3O4S. The highest BCUT2D eigenvalue weighted by atomic mass is 32.2. The van der Waals surface area contributed by atoms with Crippen molar-refractivity contribution in [3.8, 4) is 0 Å². The lowest BCUT2D eigenvalue weighted by Gasteiger charge is -2.32. The van der Waals surface area contributed by atoms with Crippen LogP contribution in [-0.4, -0.2) is 50.0 Å². The largest absolute Gasteiger partial charge is 0.352 e. The summed E-state index contributed by atoms with van der Waals surface area (Å²) in [5, 5.41) is 3.08. The summed E-state index contributed by atoms with van der Waals surface area (Å²) < 4.78 is 26.7. The van der Waals surface area contributed by atoms with Gasteiger partial charge in [0, 0.05) is 12.6 Å². The third kappa shape index (κ3) is 7.07. The highest BCUT2D eigenvalue weighted by Crippen LogP contribution is 2.24. The molecule has 2 aromatic rings. The van der Waals surface area contributed by atoms with Gasteiger partial charge < -0.3 is 10.2 Å². The minimum Gasteiger partial charge on any atom is -0.352 e. The van der Waals surface area contributed by atoms with E-state index in [2.05, 4.69) is 5.32 Å². The molecule has 0 aliphatic heterocycles. The molecule has 35 heavy (non-hydrogen) atoms. The Kier molecular flexibility index (Phi) is 8.94.